The number of ether oxygens (including phenoxy) is 1. The van der Waals surface area contributed by atoms with Gasteiger partial charge in [-0.15, -0.1) is 11.8 Å². The van der Waals surface area contributed by atoms with Gasteiger partial charge >= 0.3 is 0 Å². The lowest BCUT2D eigenvalue weighted by Crippen LogP contribution is -2.29. The van der Waals surface area contributed by atoms with Crippen LogP contribution in [0.15, 0.2) is 41.7 Å². The Labute approximate surface area is 199 Å². The number of anilines is 2. The predicted octanol–water partition coefficient (Wildman–Crippen LogP) is 3.61. The van der Waals surface area contributed by atoms with Crippen molar-refractivity contribution in [1.29, 1.82) is 0 Å². The SMILES string of the molecule is COc1cc2c(cc1C)C(=O)N(C1=CCC(CNc3cnccc3N3CCCNCC3)S1)C2. The molecule has 5 rings (SSSR count). The summed E-state index contributed by atoms with van der Waals surface area (Å²) in [5, 5.41) is 8.54. The van der Waals surface area contributed by atoms with E-state index in [1.54, 1.807) is 18.9 Å². The fourth-order valence-corrected chi connectivity index (χ4v) is 5.92. The lowest BCUT2D eigenvalue weighted by atomic mass is 10.1. The van der Waals surface area contributed by atoms with Crippen molar-refractivity contribution < 1.29 is 9.53 Å². The Balaban J connectivity index is 1.21. The number of thioether (sulfide) groups is 1. The van der Waals surface area contributed by atoms with Gasteiger partial charge in [-0.05, 0) is 55.6 Å². The third-order valence-corrected chi connectivity index (χ3v) is 7.85. The van der Waals surface area contributed by atoms with Gasteiger partial charge in [-0.1, -0.05) is 6.08 Å². The third kappa shape index (κ3) is 4.54. The minimum Gasteiger partial charge on any atom is -0.496 e. The standard InChI is InChI=1S/C25H31N5O2S/c1-17-12-20-18(13-23(17)32-2)16-30(25(20)31)24-5-4-19(33-24)14-28-21-15-27-8-6-22(21)29-10-3-7-26-9-11-29/h5-6,8,12-13,15,19,26,28H,3-4,7,9-11,14,16H2,1-2H3. The fourth-order valence-electron chi connectivity index (χ4n) is 4.75. The molecule has 1 fully saturated rings. The monoisotopic (exact) mass is 465 g/mol. The molecule has 33 heavy (non-hydrogen) atoms. The fraction of sp³-hybridized carbons (Fsp3) is 0.440. The number of fused-ring (bicyclic) bond motifs is 1. The van der Waals surface area contributed by atoms with E-state index in [0.717, 1.165) is 78.7 Å². The van der Waals surface area contributed by atoms with E-state index in [4.69, 9.17) is 4.74 Å². The maximum absolute atomic E-state index is 13.1. The van der Waals surface area contributed by atoms with Crippen LogP contribution in [0, 0.1) is 6.92 Å². The summed E-state index contributed by atoms with van der Waals surface area (Å²) in [6, 6.07) is 6.07. The highest BCUT2D eigenvalue weighted by molar-refractivity contribution is 8.03. The highest BCUT2D eigenvalue weighted by Crippen LogP contribution is 2.40. The van der Waals surface area contributed by atoms with Crippen molar-refractivity contribution in [3.05, 3.63) is 58.4 Å². The zero-order valence-electron chi connectivity index (χ0n) is 19.3. The van der Waals surface area contributed by atoms with Crippen LogP contribution >= 0.6 is 11.8 Å². The second-order valence-electron chi connectivity index (χ2n) is 8.75. The smallest absolute Gasteiger partial charge is 0.259 e. The van der Waals surface area contributed by atoms with E-state index < -0.39 is 0 Å². The van der Waals surface area contributed by atoms with Crippen LogP contribution in [0.1, 0.15) is 34.3 Å². The van der Waals surface area contributed by atoms with Crippen LogP contribution < -0.4 is 20.3 Å². The van der Waals surface area contributed by atoms with Crippen molar-refractivity contribution in [2.75, 3.05) is 50.1 Å². The molecule has 0 aliphatic carbocycles. The Morgan fingerprint density at radius 2 is 2.21 bits per heavy atom. The van der Waals surface area contributed by atoms with E-state index in [-0.39, 0.29) is 5.91 Å². The molecule has 1 aromatic heterocycles. The minimum absolute atomic E-state index is 0.0902. The quantitative estimate of drug-likeness (QED) is 0.675. The molecule has 4 heterocycles. The number of benzene rings is 1. The van der Waals surface area contributed by atoms with Gasteiger partial charge in [0.2, 0.25) is 0 Å². The number of hydrogen-bond donors (Lipinski definition) is 2. The van der Waals surface area contributed by atoms with E-state index in [1.807, 2.05) is 36.4 Å². The number of hydrogen-bond acceptors (Lipinski definition) is 7. The number of aromatic nitrogens is 1. The van der Waals surface area contributed by atoms with Crippen LogP contribution in [-0.4, -0.2) is 60.9 Å². The van der Waals surface area contributed by atoms with E-state index in [0.29, 0.717) is 11.8 Å². The van der Waals surface area contributed by atoms with Crippen LogP contribution in [-0.2, 0) is 6.54 Å². The lowest BCUT2D eigenvalue weighted by molar-refractivity contribution is 0.0837. The average Bonchev–Trinajstić information content (AvgIpc) is 3.31. The van der Waals surface area contributed by atoms with E-state index in [9.17, 15) is 4.79 Å². The summed E-state index contributed by atoms with van der Waals surface area (Å²) < 4.78 is 5.45. The first-order valence-corrected chi connectivity index (χ1v) is 12.5. The molecule has 0 saturated carbocycles. The third-order valence-electron chi connectivity index (χ3n) is 6.53. The van der Waals surface area contributed by atoms with Crippen molar-refractivity contribution in [3.63, 3.8) is 0 Å². The molecule has 1 aromatic carbocycles. The van der Waals surface area contributed by atoms with Gasteiger partial charge in [0.1, 0.15) is 5.75 Å². The van der Waals surface area contributed by atoms with Crippen molar-refractivity contribution in [1.82, 2.24) is 15.2 Å². The Morgan fingerprint density at radius 3 is 3.09 bits per heavy atom. The molecule has 1 atom stereocenters. The van der Waals surface area contributed by atoms with Gasteiger partial charge in [-0.25, -0.2) is 0 Å². The molecule has 0 radical (unpaired) electrons. The Morgan fingerprint density at radius 1 is 1.30 bits per heavy atom. The van der Waals surface area contributed by atoms with E-state index in [2.05, 4.69) is 32.7 Å². The van der Waals surface area contributed by atoms with Crippen molar-refractivity contribution in [2.45, 2.75) is 31.6 Å². The molecule has 174 valence electrons. The van der Waals surface area contributed by atoms with Crippen LogP contribution in [0.2, 0.25) is 0 Å². The molecule has 1 amide bonds. The summed E-state index contributed by atoms with van der Waals surface area (Å²) >= 11 is 1.79. The zero-order chi connectivity index (χ0) is 22.8. The van der Waals surface area contributed by atoms with Crippen LogP contribution in [0.4, 0.5) is 11.4 Å². The predicted molar refractivity (Wildman–Crippen MR) is 134 cm³/mol. The van der Waals surface area contributed by atoms with Gasteiger partial charge in [-0.2, -0.15) is 0 Å². The molecule has 0 spiro atoms. The van der Waals surface area contributed by atoms with Gasteiger partial charge < -0.3 is 20.3 Å². The number of carbonyl (C=O) groups excluding carboxylic acids is 1. The minimum atomic E-state index is 0.0902. The van der Waals surface area contributed by atoms with Gasteiger partial charge in [0.25, 0.3) is 5.91 Å². The summed E-state index contributed by atoms with van der Waals surface area (Å²) in [6.07, 6.45) is 8.09. The highest BCUT2D eigenvalue weighted by Gasteiger charge is 2.34. The number of rotatable bonds is 6. The summed E-state index contributed by atoms with van der Waals surface area (Å²) in [5.74, 6) is 0.929. The first kappa shape index (κ1) is 22.1. The summed E-state index contributed by atoms with van der Waals surface area (Å²) in [6.45, 7) is 7.56. The van der Waals surface area contributed by atoms with Gasteiger partial charge in [0.15, 0.2) is 0 Å². The number of amides is 1. The number of methoxy groups -OCH3 is 1. The first-order chi connectivity index (χ1) is 16.1. The number of pyridine rings is 1. The summed E-state index contributed by atoms with van der Waals surface area (Å²) in [7, 11) is 1.67. The topological polar surface area (TPSA) is 69.7 Å². The Hall–Kier alpha value is -2.71. The Bertz CT molecular complexity index is 1060. The molecule has 2 aromatic rings. The van der Waals surface area contributed by atoms with Crippen LogP contribution in [0.25, 0.3) is 0 Å². The van der Waals surface area contributed by atoms with Gasteiger partial charge in [-0.3, -0.25) is 14.7 Å². The molecule has 3 aliphatic rings. The second-order valence-corrected chi connectivity index (χ2v) is 10.1. The first-order valence-electron chi connectivity index (χ1n) is 11.6. The van der Waals surface area contributed by atoms with Crippen LogP contribution in [0.3, 0.4) is 0 Å². The normalized spacial score (nSPS) is 20.5. The summed E-state index contributed by atoms with van der Waals surface area (Å²) in [5.41, 5.74) is 5.13. The zero-order valence-corrected chi connectivity index (χ0v) is 20.1. The molecule has 1 saturated heterocycles. The Kier molecular flexibility index (Phi) is 6.46. The van der Waals surface area contributed by atoms with Gasteiger partial charge in [0, 0.05) is 43.2 Å². The maximum Gasteiger partial charge on any atom is 0.259 e. The molecule has 0 bridgehead atoms. The molecular formula is C25H31N5O2S. The molecule has 8 heteroatoms. The van der Waals surface area contributed by atoms with Crippen molar-refractivity contribution >= 4 is 29.0 Å². The number of carbonyl (C=O) groups is 1. The average molecular weight is 466 g/mol. The number of aryl methyl sites for hydroxylation is 1. The molecule has 7 nitrogen and oxygen atoms in total. The van der Waals surface area contributed by atoms with Crippen LogP contribution in [0.5, 0.6) is 5.75 Å². The highest BCUT2D eigenvalue weighted by atomic mass is 32.2. The largest absolute Gasteiger partial charge is 0.496 e. The molecule has 2 N–H and O–H groups in total. The van der Waals surface area contributed by atoms with Crippen molar-refractivity contribution in [2.24, 2.45) is 0 Å². The lowest BCUT2D eigenvalue weighted by Gasteiger charge is -2.26. The second kappa shape index (κ2) is 9.65. The van der Waals surface area contributed by atoms with E-state index in [1.165, 1.54) is 5.69 Å². The maximum atomic E-state index is 13.1. The summed E-state index contributed by atoms with van der Waals surface area (Å²) in [4.78, 5) is 21.8. The van der Waals surface area contributed by atoms with E-state index >= 15 is 0 Å². The van der Waals surface area contributed by atoms with Crippen molar-refractivity contribution in [3.8, 4) is 5.75 Å². The number of nitrogens with zero attached hydrogens (tertiary/aromatic N) is 3. The molecular weight excluding hydrogens is 434 g/mol. The number of allylic oxidation sites excluding steroid dienone is 1. The number of nitrogens with one attached hydrogen (secondary N) is 2. The molecule has 3 aliphatic heterocycles. The molecule has 1 unspecified atom stereocenters. The van der Waals surface area contributed by atoms with Gasteiger partial charge in [0.05, 0.1) is 36.3 Å².